The molecule has 1 aromatic carbocycles. The summed E-state index contributed by atoms with van der Waals surface area (Å²) >= 11 is 1.79. The van der Waals surface area contributed by atoms with Gasteiger partial charge in [-0.3, -0.25) is 0 Å². The molecule has 0 amide bonds. The zero-order valence-corrected chi connectivity index (χ0v) is 23.4. The smallest absolute Gasteiger partial charge is 0.377 e. The summed E-state index contributed by atoms with van der Waals surface area (Å²) in [4.78, 5) is 4.67. The molecule has 31 heavy (non-hydrogen) atoms. The first-order valence-electron chi connectivity index (χ1n) is 11.2. The first kappa shape index (κ1) is 27.5. The summed E-state index contributed by atoms with van der Waals surface area (Å²) in [5.74, 6) is 1.23. The zero-order chi connectivity index (χ0) is 22.2. The molecule has 176 valence electrons. The monoisotopic (exact) mass is 519 g/mol. The van der Waals surface area contributed by atoms with Crippen molar-refractivity contribution >= 4 is 61.8 Å². The molecule has 1 heterocycles. The van der Waals surface area contributed by atoms with Crippen LogP contribution in [-0.2, 0) is 13.3 Å². The quantitative estimate of drug-likeness (QED) is 0.105. The molecule has 9 heteroatoms. The van der Waals surface area contributed by atoms with Gasteiger partial charge in [0.2, 0.25) is 0 Å². The highest BCUT2D eigenvalue weighted by atomic mass is 33.5. The van der Waals surface area contributed by atoms with Gasteiger partial charge in [0.05, 0.1) is 10.2 Å². The largest absolute Gasteiger partial charge is 0.500 e. The lowest BCUT2D eigenvalue weighted by molar-refractivity contribution is 0.122. The molecule has 0 atom stereocenters. The average molecular weight is 520 g/mol. The maximum absolute atomic E-state index is 5.47. The summed E-state index contributed by atoms with van der Waals surface area (Å²) in [6, 6.07) is 9.29. The van der Waals surface area contributed by atoms with E-state index in [0.717, 1.165) is 22.3 Å². The molecule has 1 aromatic heterocycles. The highest BCUT2D eigenvalue weighted by Gasteiger charge is 2.36. The van der Waals surface area contributed by atoms with E-state index in [1.807, 2.05) is 20.6 Å². The van der Waals surface area contributed by atoms with Gasteiger partial charge in [-0.05, 0) is 45.6 Å². The lowest BCUT2D eigenvalue weighted by Crippen LogP contribution is -2.42. The molecular weight excluding hydrogens is 483 g/mol. The van der Waals surface area contributed by atoms with E-state index in [2.05, 4.69) is 29.2 Å². The van der Waals surface area contributed by atoms with Crippen LogP contribution in [0.3, 0.4) is 0 Å². The van der Waals surface area contributed by atoms with Gasteiger partial charge in [0.15, 0.2) is 4.34 Å². The molecule has 2 rings (SSSR count). The van der Waals surface area contributed by atoms with E-state index >= 15 is 0 Å². The Labute approximate surface area is 205 Å². The maximum atomic E-state index is 5.47. The van der Waals surface area contributed by atoms with E-state index in [-0.39, 0.29) is 0 Å². The van der Waals surface area contributed by atoms with Gasteiger partial charge < -0.3 is 13.3 Å². The SMILES string of the molecule is CO[Si](CCCCCCCCCCCCSSSc1nc2ccccc2s1)(OC)OC. The van der Waals surface area contributed by atoms with Crippen molar-refractivity contribution < 1.29 is 13.3 Å². The molecule has 0 aliphatic carbocycles. The normalized spacial score (nSPS) is 12.1. The Morgan fingerprint density at radius 3 is 2.00 bits per heavy atom. The molecule has 0 fully saturated rings. The molecule has 4 nitrogen and oxygen atoms in total. The Balaban J connectivity index is 1.34. The van der Waals surface area contributed by atoms with Crippen molar-refractivity contribution in [3.8, 4) is 0 Å². The Hall–Kier alpha value is 0.257. The Morgan fingerprint density at radius 2 is 1.39 bits per heavy atom. The van der Waals surface area contributed by atoms with Gasteiger partial charge in [-0.15, -0.1) is 11.3 Å². The number of fused-ring (bicyclic) bond motifs is 1. The zero-order valence-electron chi connectivity index (χ0n) is 19.1. The molecule has 0 spiro atoms. The molecule has 0 radical (unpaired) electrons. The molecule has 0 unspecified atom stereocenters. The molecular formula is C22H37NO3S4Si. The lowest BCUT2D eigenvalue weighted by atomic mass is 10.1. The number of thiazole rings is 1. The summed E-state index contributed by atoms with van der Waals surface area (Å²) in [6.07, 6.45) is 13.2. The van der Waals surface area contributed by atoms with Crippen molar-refractivity contribution in [1.29, 1.82) is 0 Å². The summed E-state index contributed by atoms with van der Waals surface area (Å²) in [5, 5.41) is 0. The van der Waals surface area contributed by atoms with Gasteiger partial charge >= 0.3 is 8.80 Å². The highest BCUT2D eigenvalue weighted by Crippen LogP contribution is 2.43. The van der Waals surface area contributed by atoms with Crippen molar-refractivity contribution in [2.45, 2.75) is 74.6 Å². The molecule has 0 N–H and O–H groups in total. The van der Waals surface area contributed by atoms with Crippen LogP contribution >= 0.6 is 42.8 Å². The van der Waals surface area contributed by atoms with E-state index in [4.69, 9.17) is 13.3 Å². The molecule has 0 saturated carbocycles. The van der Waals surface area contributed by atoms with Gasteiger partial charge in [0.1, 0.15) is 0 Å². The molecule has 2 aromatic rings. The number of rotatable bonds is 19. The van der Waals surface area contributed by atoms with Crippen molar-refractivity contribution in [2.75, 3.05) is 27.1 Å². The maximum Gasteiger partial charge on any atom is 0.500 e. The molecule has 0 aliphatic rings. The predicted octanol–water partition coefficient (Wildman–Crippen LogP) is 8.46. The second-order valence-electron chi connectivity index (χ2n) is 7.50. The third-order valence-electron chi connectivity index (χ3n) is 5.32. The fourth-order valence-electron chi connectivity index (χ4n) is 3.45. The van der Waals surface area contributed by atoms with E-state index in [1.165, 1.54) is 68.2 Å². The first-order valence-corrected chi connectivity index (χ1v) is 17.6. The number of benzene rings is 1. The third kappa shape index (κ3) is 10.8. The number of aromatic nitrogens is 1. The second-order valence-corrected chi connectivity index (χ2v) is 16.1. The highest BCUT2D eigenvalue weighted by molar-refractivity contribution is 9.09. The summed E-state index contributed by atoms with van der Waals surface area (Å²) < 4.78 is 18.9. The van der Waals surface area contributed by atoms with Gasteiger partial charge in [0, 0.05) is 33.1 Å². The number of unbranched alkanes of at least 4 members (excludes halogenated alkanes) is 9. The third-order valence-corrected chi connectivity index (χ3v) is 13.6. The van der Waals surface area contributed by atoms with Gasteiger partial charge in [-0.25, -0.2) is 4.98 Å². The van der Waals surface area contributed by atoms with E-state index in [0.29, 0.717) is 0 Å². The van der Waals surface area contributed by atoms with Gasteiger partial charge in [-0.1, -0.05) is 74.3 Å². The Morgan fingerprint density at radius 1 is 0.806 bits per heavy atom. The number of nitrogens with zero attached hydrogens (tertiary/aromatic N) is 1. The molecule has 0 aliphatic heterocycles. The van der Waals surface area contributed by atoms with E-state index < -0.39 is 8.80 Å². The van der Waals surface area contributed by atoms with Gasteiger partial charge in [0.25, 0.3) is 0 Å². The first-order chi connectivity index (χ1) is 15.2. The fourth-order valence-corrected chi connectivity index (χ4v) is 10.6. The minimum Gasteiger partial charge on any atom is -0.377 e. The lowest BCUT2D eigenvalue weighted by Gasteiger charge is -2.24. The minimum absolute atomic E-state index is 0.923. The number of hydrogen-bond acceptors (Lipinski definition) is 8. The van der Waals surface area contributed by atoms with Crippen LogP contribution in [0.25, 0.3) is 10.2 Å². The van der Waals surface area contributed by atoms with Gasteiger partial charge in [-0.2, -0.15) is 0 Å². The molecule has 0 saturated heterocycles. The van der Waals surface area contributed by atoms with Crippen molar-refractivity contribution in [3.63, 3.8) is 0 Å². The Kier molecular flexibility index (Phi) is 14.9. The van der Waals surface area contributed by atoms with Crippen LogP contribution in [0.2, 0.25) is 6.04 Å². The van der Waals surface area contributed by atoms with Crippen molar-refractivity contribution in [1.82, 2.24) is 4.98 Å². The van der Waals surface area contributed by atoms with Crippen LogP contribution in [0.4, 0.5) is 0 Å². The average Bonchev–Trinajstić information content (AvgIpc) is 3.22. The van der Waals surface area contributed by atoms with Crippen LogP contribution in [0.15, 0.2) is 28.6 Å². The van der Waals surface area contributed by atoms with Crippen LogP contribution in [-0.4, -0.2) is 40.9 Å². The van der Waals surface area contributed by atoms with E-state index in [1.54, 1.807) is 43.5 Å². The van der Waals surface area contributed by atoms with Crippen LogP contribution in [0, 0.1) is 0 Å². The summed E-state index contributed by atoms with van der Waals surface area (Å²) in [7, 11) is 8.37. The fraction of sp³-hybridized carbons (Fsp3) is 0.682. The van der Waals surface area contributed by atoms with Crippen LogP contribution in [0.5, 0.6) is 0 Å². The predicted molar refractivity (Wildman–Crippen MR) is 143 cm³/mol. The standard InChI is InChI=1S/C22H37NO3S4Si/c1-24-31(25-2,26-3)19-15-11-9-7-5-4-6-8-10-14-18-27-30-29-22-23-20-16-12-13-17-21(20)28-22/h12-13,16-17H,4-11,14-15,18-19H2,1-3H3. The summed E-state index contributed by atoms with van der Waals surface area (Å²) in [6.45, 7) is 0. The van der Waals surface area contributed by atoms with Crippen LogP contribution in [0.1, 0.15) is 64.2 Å². The topological polar surface area (TPSA) is 40.6 Å². The molecule has 0 bridgehead atoms. The van der Waals surface area contributed by atoms with Crippen molar-refractivity contribution in [2.24, 2.45) is 0 Å². The Bertz CT molecular complexity index is 674. The second kappa shape index (κ2) is 16.8. The van der Waals surface area contributed by atoms with E-state index in [9.17, 15) is 0 Å². The van der Waals surface area contributed by atoms with Crippen LogP contribution < -0.4 is 0 Å². The van der Waals surface area contributed by atoms with Crippen molar-refractivity contribution in [3.05, 3.63) is 24.3 Å². The number of para-hydroxylation sites is 1. The minimum atomic E-state index is -2.35. The summed E-state index contributed by atoms with van der Waals surface area (Å²) in [5.41, 5.74) is 1.12. The number of hydrogen-bond donors (Lipinski definition) is 0.